The van der Waals surface area contributed by atoms with E-state index in [1.807, 2.05) is 12.1 Å². The van der Waals surface area contributed by atoms with E-state index in [-0.39, 0.29) is 24.8 Å². The fourth-order valence-electron chi connectivity index (χ4n) is 4.52. The molecule has 2 aliphatic rings. The Morgan fingerprint density at radius 2 is 1.93 bits per heavy atom. The fraction of sp³-hybridized carbons (Fsp3) is 0.348. The number of hydrogen-bond acceptors (Lipinski definition) is 3. The van der Waals surface area contributed by atoms with Gasteiger partial charge in [0.2, 0.25) is 17.7 Å². The van der Waals surface area contributed by atoms with Gasteiger partial charge in [0, 0.05) is 25.7 Å². The second kappa shape index (κ2) is 7.89. The lowest BCUT2D eigenvalue weighted by Gasteiger charge is -2.28. The average molecular weight is 409 g/mol. The van der Waals surface area contributed by atoms with Crippen LogP contribution in [0.4, 0.5) is 10.1 Å². The number of carbonyl (C=O) groups excluding carboxylic acids is 3. The number of hydrogen-bond donors (Lipinski definition) is 1. The van der Waals surface area contributed by atoms with Gasteiger partial charge in [-0.05, 0) is 60.2 Å². The number of halogens is 1. The number of benzene rings is 2. The minimum Gasteiger partial charge on any atom is -0.368 e. The summed E-state index contributed by atoms with van der Waals surface area (Å²) in [6, 6.07) is 10.4. The van der Waals surface area contributed by atoms with Crippen molar-refractivity contribution < 1.29 is 18.8 Å². The SMILES string of the molecule is CN(C(=O)C1CC(=O)N(c2ccc3c(c2)CCC3)C1)C(C(N)=O)c1cccc(F)c1. The molecule has 156 valence electrons. The van der Waals surface area contributed by atoms with E-state index in [2.05, 4.69) is 6.07 Å². The third-order valence-corrected chi connectivity index (χ3v) is 6.04. The quantitative estimate of drug-likeness (QED) is 0.823. The van der Waals surface area contributed by atoms with Crippen LogP contribution < -0.4 is 10.6 Å². The molecular weight excluding hydrogens is 385 g/mol. The molecule has 1 heterocycles. The van der Waals surface area contributed by atoms with Crippen molar-refractivity contribution in [3.8, 4) is 0 Å². The van der Waals surface area contributed by atoms with Crippen LogP contribution in [-0.2, 0) is 27.2 Å². The van der Waals surface area contributed by atoms with Gasteiger partial charge in [-0.2, -0.15) is 0 Å². The largest absolute Gasteiger partial charge is 0.368 e. The lowest BCUT2D eigenvalue weighted by molar-refractivity contribution is -0.141. The number of carbonyl (C=O) groups is 3. The molecule has 1 saturated heterocycles. The summed E-state index contributed by atoms with van der Waals surface area (Å²) in [4.78, 5) is 40.7. The number of nitrogens with zero attached hydrogens (tertiary/aromatic N) is 2. The third kappa shape index (κ3) is 3.67. The molecule has 30 heavy (non-hydrogen) atoms. The maximum atomic E-state index is 13.6. The Morgan fingerprint density at radius 3 is 2.67 bits per heavy atom. The summed E-state index contributed by atoms with van der Waals surface area (Å²) >= 11 is 0. The summed E-state index contributed by atoms with van der Waals surface area (Å²) in [6.45, 7) is 0.245. The van der Waals surface area contributed by atoms with Crippen LogP contribution in [0, 0.1) is 11.7 Å². The highest BCUT2D eigenvalue weighted by Crippen LogP contribution is 2.32. The molecule has 4 rings (SSSR count). The zero-order valence-electron chi connectivity index (χ0n) is 16.8. The van der Waals surface area contributed by atoms with Gasteiger partial charge in [0.25, 0.3) is 0 Å². The van der Waals surface area contributed by atoms with E-state index in [4.69, 9.17) is 5.73 Å². The van der Waals surface area contributed by atoms with Crippen molar-refractivity contribution >= 4 is 23.4 Å². The lowest BCUT2D eigenvalue weighted by Crippen LogP contribution is -2.42. The van der Waals surface area contributed by atoms with Crippen LogP contribution in [0.5, 0.6) is 0 Å². The van der Waals surface area contributed by atoms with E-state index in [1.54, 1.807) is 11.0 Å². The van der Waals surface area contributed by atoms with Crippen LogP contribution >= 0.6 is 0 Å². The first-order chi connectivity index (χ1) is 14.3. The number of likely N-dealkylation sites (N-methyl/N-ethyl adjacent to an activating group) is 1. The molecule has 0 saturated carbocycles. The van der Waals surface area contributed by atoms with Crippen molar-refractivity contribution in [2.24, 2.45) is 11.7 Å². The highest BCUT2D eigenvalue weighted by atomic mass is 19.1. The number of anilines is 1. The van der Waals surface area contributed by atoms with E-state index in [0.717, 1.165) is 24.9 Å². The molecule has 2 atom stereocenters. The van der Waals surface area contributed by atoms with Crippen LogP contribution in [0.25, 0.3) is 0 Å². The van der Waals surface area contributed by atoms with E-state index < -0.39 is 23.7 Å². The maximum absolute atomic E-state index is 13.6. The first-order valence-corrected chi connectivity index (χ1v) is 10.1. The Balaban J connectivity index is 1.53. The second-order valence-electron chi connectivity index (χ2n) is 8.02. The average Bonchev–Trinajstić information content (AvgIpc) is 3.33. The van der Waals surface area contributed by atoms with Gasteiger partial charge < -0.3 is 15.5 Å². The van der Waals surface area contributed by atoms with Crippen molar-refractivity contribution in [3.63, 3.8) is 0 Å². The maximum Gasteiger partial charge on any atom is 0.244 e. The molecule has 2 aromatic carbocycles. The first kappa shape index (κ1) is 20.1. The molecule has 6 nitrogen and oxygen atoms in total. The molecule has 0 aromatic heterocycles. The predicted octanol–water partition coefficient (Wildman–Crippen LogP) is 2.35. The summed E-state index contributed by atoms with van der Waals surface area (Å²) in [5.74, 6) is -2.35. The first-order valence-electron chi connectivity index (χ1n) is 10.1. The number of primary amides is 1. The highest BCUT2D eigenvalue weighted by Gasteiger charge is 2.39. The summed E-state index contributed by atoms with van der Waals surface area (Å²) in [5.41, 5.74) is 9.20. The van der Waals surface area contributed by atoms with Crippen LogP contribution in [0.15, 0.2) is 42.5 Å². The number of fused-ring (bicyclic) bond motifs is 1. The van der Waals surface area contributed by atoms with Gasteiger partial charge in [-0.1, -0.05) is 18.2 Å². The Bertz CT molecular complexity index is 1020. The number of aryl methyl sites for hydroxylation is 2. The molecule has 0 spiro atoms. The minimum absolute atomic E-state index is 0.0644. The lowest BCUT2D eigenvalue weighted by atomic mass is 10.0. The normalized spacial score (nSPS) is 18.9. The van der Waals surface area contributed by atoms with E-state index in [1.165, 1.54) is 41.3 Å². The number of amides is 3. The zero-order valence-corrected chi connectivity index (χ0v) is 16.8. The van der Waals surface area contributed by atoms with Crippen LogP contribution in [-0.4, -0.2) is 36.2 Å². The van der Waals surface area contributed by atoms with Gasteiger partial charge in [-0.3, -0.25) is 14.4 Å². The van der Waals surface area contributed by atoms with Crippen LogP contribution in [0.3, 0.4) is 0 Å². The molecule has 0 radical (unpaired) electrons. The standard InChI is InChI=1S/C23H24FN3O3/c1-26(21(22(25)29)16-6-3-7-18(24)10-16)23(30)17-12-20(28)27(13-17)19-9-8-14-4-2-5-15(14)11-19/h3,6-11,17,21H,2,4-5,12-13H2,1H3,(H2,25,29). The molecule has 7 heteroatoms. The Labute approximate surface area is 174 Å². The molecule has 3 amide bonds. The fourth-order valence-corrected chi connectivity index (χ4v) is 4.52. The third-order valence-electron chi connectivity index (χ3n) is 6.04. The summed E-state index contributed by atoms with van der Waals surface area (Å²) < 4.78 is 13.6. The molecule has 0 bridgehead atoms. The van der Waals surface area contributed by atoms with Gasteiger partial charge in [0.05, 0.1) is 5.92 Å². The molecule has 2 N–H and O–H groups in total. The monoisotopic (exact) mass is 409 g/mol. The van der Waals surface area contributed by atoms with E-state index in [9.17, 15) is 18.8 Å². The van der Waals surface area contributed by atoms with Gasteiger partial charge >= 0.3 is 0 Å². The Hall–Kier alpha value is -3.22. The molecule has 1 aliphatic heterocycles. The summed E-state index contributed by atoms with van der Waals surface area (Å²) in [6.07, 6.45) is 3.25. The molecule has 1 fully saturated rings. The molecule has 1 aliphatic carbocycles. The highest BCUT2D eigenvalue weighted by molar-refractivity contribution is 6.01. The van der Waals surface area contributed by atoms with Gasteiger partial charge in [0.1, 0.15) is 11.9 Å². The molecule has 2 unspecified atom stereocenters. The predicted molar refractivity (Wildman–Crippen MR) is 110 cm³/mol. The van der Waals surface area contributed by atoms with Gasteiger partial charge in [-0.25, -0.2) is 4.39 Å². The number of rotatable bonds is 5. The molecular formula is C23H24FN3O3. The Morgan fingerprint density at radius 1 is 1.17 bits per heavy atom. The van der Waals surface area contributed by atoms with E-state index >= 15 is 0 Å². The van der Waals surface area contributed by atoms with Crippen molar-refractivity contribution in [3.05, 3.63) is 65.0 Å². The Kier molecular flexibility index (Phi) is 5.28. The minimum atomic E-state index is -1.10. The topological polar surface area (TPSA) is 83.7 Å². The smallest absolute Gasteiger partial charge is 0.244 e. The van der Waals surface area contributed by atoms with Gasteiger partial charge in [-0.15, -0.1) is 0 Å². The second-order valence-corrected chi connectivity index (χ2v) is 8.02. The van der Waals surface area contributed by atoms with Crippen molar-refractivity contribution in [1.82, 2.24) is 4.90 Å². The van der Waals surface area contributed by atoms with Crippen LogP contribution in [0.2, 0.25) is 0 Å². The summed E-state index contributed by atoms with van der Waals surface area (Å²) in [5, 5.41) is 0. The molecule has 2 aromatic rings. The van der Waals surface area contributed by atoms with Crippen LogP contribution in [0.1, 0.15) is 35.6 Å². The van der Waals surface area contributed by atoms with Gasteiger partial charge in [0.15, 0.2) is 0 Å². The summed E-state index contributed by atoms with van der Waals surface area (Å²) in [7, 11) is 1.46. The van der Waals surface area contributed by atoms with Crippen molar-refractivity contribution in [2.45, 2.75) is 31.7 Å². The van der Waals surface area contributed by atoms with E-state index in [0.29, 0.717) is 5.56 Å². The number of nitrogens with two attached hydrogens (primary N) is 1. The van der Waals surface area contributed by atoms with Crippen molar-refractivity contribution in [1.29, 1.82) is 0 Å². The van der Waals surface area contributed by atoms with Crippen molar-refractivity contribution in [2.75, 3.05) is 18.5 Å². The zero-order chi connectivity index (χ0) is 21.4.